The molecule has 0 radical (unpaired) electrons. The van der Waals surface area contributed by atoms with Gasteiger partial charge in [0.05, 0.1) is 28.1 Å². The molecule has 0 heterocycles. The Morgan fingerprint density at radius 2 is 1.61 bits per heavy atom. The van der Waals surface area contributed by atoms with Gasteiger partial charge in [0.2, 0.25) is 10.7 Å². The molecule has 0 aliphatic carbocycles. The molecule has 2 aromatic carbocycles. The number of nitrogens with zero attached hydrogens (tertiary/aromatic N) is 1. The topological polar surface area (TPSA) is 156 Å². The zero-order valence-corrected chi connectivity index (χ0v) is 23.3. The molecular formula is C25H21ClF3NO10S. The molecule has 0 aliphatic heterocycles. The van der Waals surface area contributed by atoms with E-state index in [1.807, 2.05) is 0 Å². The van der Waals surface area contributed by atoms with E-state index < -0.39 is 85.2 Å². The van der Waals surface area contributed by atoms with E-state index >= 15 is 0 Å². The van der Waals surface area contributed by atoms with Crippen molar-refractivity contribution < 1.29 is 56.3 Å². The van der Waals surface area contributed by atoms with Gasteiger partial charge in [0.1, 0.15) is 23.5 Å². The Kier molecular flexibility index (Phi) is 9.94. The second kappa shape index (κ2) is 12.3. The molecule has 0 aliphatic rings. The Bertz CT molecular complexity index is 1420. The summed E-state index contributed by atoms with van der Waals surface area (Å²) in [6.07, 6.45) is -6.75. The van der Waals surface area contributed by atoms with Crippen LogP contribution in [0.4, 0.5) is 18.9 Å². The lowest BCUT2D eigenvalue weighted by atomic mass is 9.87. The molecule has 0 spiro atoms. The molecule has 2 rings (SSSR count). The maximum atomic E-state index is 13.4. The van der Waals surface area contributed by atoms with Crippen LogP contribution in [0.2, 0.25) is 0 Å². The van der Waals surface area contributed by atoms with Crippen LogP contribution in [0.3, 0.4) is 0 Å². The number of nitro benzene ring substituents is 1. The van der Waals surface area contributed by atoms with Crippen LogP contribution in [0.1, 0.15) is 57.4 Å². The summed E-state index contributed by atoms with van der Waals surface area (Å²) >= 11 is 9.42. The van der Waals surface area contributed by atoms with Crippen LogP contribution in [0.15, 0.2) is 35.2 Å². The van der Waals surface area contributed by atoms with E-state index in [4.69, 9.17) is 25.8 Å². The zero-order valence-electron chi connectivity index (χ0n) is 21.7. The number of alkyl halides is 4. The first-order valence-electron chi connectivity index (χ1n) is 11.2. The van der Waals surface area contributed by atoms with Crippen molar-refractivity contribution >= 4 is 59.7 Å². The minimum absolute atomic E-state index is 0.402. The molecule has 41 heavy (non-hydrogen) atoms. The summed E-state index contributed by atoms with van der Waals surface area (Å²) in [7, 11) is 1.41. The molecule has 16 heteroatoms. The van der Waals surface area contributed by atoms with Gasteiger partial charge in [0, 0.05) is 0 Å². The predicted molar refractivity (Wildman–Crippen MR) is 138 cm³/mol. The fraction of sp³-hybridized carbons (Fsp3) is 0.320. The van der Waals surface area contributed by atoms with E-state index in [1.54, 1.807) is 0 Å². The molecule has 11 nitrogen and oxygen atoms in total. The Morgan fingerprint density at radius 3 is 2.05 bits per heavy atom. The second-order valence-corrected chi connectivity index (χ2v) is 10.3. The maximum absolute atomic E-state index is 13.4. The number of esters is 2. The number of methoxy groups -OCH3 is 1. The van der Waals surface area contributed by atoms with E-state index in [-0.39, 0.29) is 0 Å². The molecule has 0 fully saturated rings. The lowest BCUT2D eigenvalue weighted by Gasteiger charge is -2.24. The first-order chi connectivity index (χ1) is 18.8. The number of nitro groups is 1. The van der Waals surface area contributed by atoms with Gasteiger partial charge in [0.15, 0.2) is 6.29 Å². The molecule has 0 aromatic heterocycles. The van der Waals surface area contributed by atoms with Crippen LogP contribution in [-0.4, -0.2) is 58.5 Å². The van der Waals surface area contributed by atoms with Gasteiger partial charge < -0.3 is 19.0 Å². The van der Waals surface area contributed by atoms with Gasteiger partial charge in [-0.05, 0) is 44.5 Å². The number of Topliss-reactive ketones (excluding diaryl/α,β-unsaturated/α-hetero) is 2. The summed E-state index contributed by atoms with van der Waals surface area (Å²) in [6, 6.07) is 6.71. The van der Waals surface area contributed by atoms with Gasteiger partial charge in [0.25, 0.3) is 11.5 Å². The van der Waals surface area contributed by atoms with Crippen LogP contribution in [0, 0.1) is 10.1 Å². The predicted octanol–water partition coefficient (Wildman–Crippen LogP) is 4.70. The van der Waals surface area contributed by atoms with Crippen molar-refractivity contribution in [1.82, 2.24) is 0 Å². The third-order valence-corrected chi connectivity index (χ3v) is 5.90. The van der Waals surface area contributed by atoms with Gasteiger partial charge in [-0.3, -0.25) is 19.7 Å². The van der Waals surface area contributed by atoms with E-state index in [2.05, 4.69) is 12.6 Å². The number of carbonyl (C=O) groups excluding carboxylic acids is 5. The fourth-order valence-corrected chi connectivity index (χ4v) is 3.84. The summed E-state index contributed by atoms with van der Waals surface area (Å²) in [6.45, 7) is 3.55. The average Bonchev–Trinajstić information content (AvgIpc) is 2.88. The largest absolute Gasteiger partial charge is 0.497 e. The summed E-state index contributed by atoms with van der Waals surface area (Å²) < 4.78 is 55.1. The standard InChI is InChI=1S/C25H21ClF3NO10S/c1-23(2,3)40-21(34)16-14(20(33)39-10-12-5-7-13(38-4)8-6-12)9-15(41)18(30(36)37)17(16)19(32)24(26,11-31)22(35)25(27,28)29/h5-9,11,41H,10H2,1-4H3. The van der Waals surface area contributed by atoms with Crippen LogP contribution in [0.25, 0.3) is 0 Å². The third kappa shape index (κ3) is 7.41. The minimum atomic E-state index is -5.86. The smallest absolute Gasteiger partial charge is 0.452 e. The molecule has 0 saturated carbocycles. The number of aldehydes is 1. The molecule has 2 aromatic rings. The highest BCUT2D eigenvalue weighted by Gasteiger charge is 2.59. The number of hydrogen-bond donors (Lipinski definition) is 1. The number of benzene rings is 2. The van der Waals surface area contributed by atoms with Crippen molar-refractivity contribution in [2.24, 2.45) is 0 Å². The van der Waals surface area contributed by atoms with E-state index in [0.29, 0.717) is 17.4 Å². The van der Waals surface area contributed by atoms with Gasteiger partial charge in [-0.15, -0.1) is 12.6 Å². The quantitative estimate of drug-likeness (QED) is 0.0578. The number of carbonyl (C=O) groups is 5. The minimum Gasteiger partial charge on any atom is -0.497 e. The Hall–Kier alpha value is -3.98. The van der Waals surface area contributed by atoms with Crippen molar-refractivity contribution in [3.8, 4) is 5.75 Å². The maximum Gasteiger partial charge on any atom is 0.452 e. The third-order valence-electron chi connectivity index (χ3n) is 5.12. The Morgan fingerprint density at radius 1 is 1.05 bits per heavy atom. The molecular weight excluding hydrogens is 599 g/mol. The highest BCUT2D eigenvalue weighted by molar-refractivity contribution is 7.80. The molecule has 1 unspecified atom stereocenters. The summed E-state index contributed by atoms with van der Waals surface area (Å²) in [5.74, 6) is -7.94. The fourth-order valence-electron chi connectivity index (χ4n) is 3.31. The monoisotopic (exact) mass is 619 g/mol. The number of ketones is 2. The number of ether oxygens (including phenoxy) is 3. The van der Waals surface area contributed by atoms with Crippen molar-refractivity contribution in [3.63, 3.8) is 0 Å². The second-order valence-electron chi connectivity index (χ2n) is 9.21. The highest BCUT2D eigenvalue weighted by Crippen LogP contribution is 2.39. The van der Waals surface area contributed by atoms with Gasteiger partial charge in [-0.2, -0.15) is 13.2 Å². The summed E-state index contributed by atoms with van der Waals surface area (Å²) in [4.78, 5) is 69.1. The van der Waals surface area contributed by atoms with Crippen molar-refractivity contribution in [2.75, 3.05) is 7.11 Å². The number of thiol groups is 1. The lowest BCUT2D eigenvalue weighted by molar-refractivity contribution is -0.388. The van der Waals surface area contributed by atoms with Crippen molar-refractivity contribution in [3.05, 3.63) is 62.7 Å². The SMILES string of the molecule is COc1ccc(COC(=O)c2cc(S)c([N+](=O)[O-])c(C(=O)C(Cl)(C=O)C(=O)C(F)(F)F)c2C(=O)OC(C)(C)C)cc1. The van der Waals surface area contributed by atoms with E-state index in [0.717, 1.165) is 0 Å². The molecule has 0 saturated heterocycles. The molecule has 1 atom stereocenters. The van der Waals surface area contributed by atoms with E-state index in [1.165, 1.54) is 52.1 Å². The molecule has 0 N–H and O–H groups in total. The molecule has 220 valence electrons. The van der Waals surface area contributed by atoms with Crippen molar-refractivity contribution in [2.45, 2.75) is 48.9 Å². The van der Waals surface area contributed by atoms with Crippen LogP contribution in [0.5, 0.6) is 5.75 Å². The van der Waals surface area contributed by atoms with Gasteiger partial charge in [-0.25, -0.2) is 9.59 Å². The molecule has 0 amide bonds. The van der Waals surface area contributed by atoms with Crippen LogP contribution >= 0.6 is 24.2 Å². The lowest BCUT2D eigenvalue weighted by Crippen LogP contribution is -2.50. The summed E-state index contributed by atoms with van der Waals surface area (Å²) in [5.41, 5.74) is -6.16. The normalized spacial score (nSPS) is 13.0. The number of halogens is 4. The first kappa shape index (κ1) is 33.2. The van der Waals surface area contributed by atoms with Crippen LogP contribution < -0.4 is 4.74 Å². The van der Waals surface area contributed by atoms with E-state index in [9.17, 15) is 47.3 Å². The first-order valence-corrected chi connectivity index (χ1v) is 12.0. The average molecular weight is 620 g/mol. The number of rotatable bonds is 10. The Balaban J connectivity index is 2.86. The van der Waals surface area contributed by atoms with Crippen LogP contribution in [-0.2, 0) is 25.7 Å². The van der Waals surface area contributed by atoms with Crippen molar-refractivity contribution in [1.29, 1.82) is 0 Å². The van der Waals surface area contributed by atoms with Gasteiger partial charge >= 0.3 is 18.1 Å². The highest BCUT2D eigenvalue weighted by atomic mass is 35.5. The Labute approximate surface area is 240 Å². The van der Waals surface area contributed by atoms with Gasteiger partial charge in [-0.1, -0.05) is 23.7 Å². The number of hydrogen-bond acceptors (Lipinski definition) is 11. The zero-order chi connectivity index (χ0) is 31.5. The summed E-state index contributed by atoms with van der Waals surface area (Å²) in [5, 5.41) is 11.9. The molecule has 0 bridgehead atoms.